The van der Waals surface area contributed by atoms with Gasteiger partial charge < -0.3 is 5.11 Å². The largest absolute Gasteiger partial charge is 0.379 e. The van der Waals surface area contributed by atoms with Crippen LogP contribution in [0.25, 0.3) is 0 Å². The van der Waals surface area contributed by atoms with Gasteiger partial charge in [0.15, 0.2) is 0 Å². The highest BCUT2D eigenvalue weighted by Crippen LogP contribution is 2.38. The van der Waals surface area contributed by atoms with Crippen molar-refractivity contribution in [2.24, 2.45) is 5.92 Å². The van der Waals surface area contributed by atoms with Gasteiger partial charge in [-0.25, -0.2) is 13.1 Å². The lowest BCUT2D eigenvalue weighted by atomic mass is 9.75. The van der Waals surface area contributed by atoms with Crippen LogP contribution in [-0.2, 0) is 15.6 Å². The van der Waals surface area contributed by atoms with Crippen molar-refractivity contribution in [3.63, 3.8) is 0 Å². The van der Waals surface area contributed by atoms with Crippen LogP contribution in [-0.4, -0.2) is 19.6 Å². The summed E-state index contributed by atoms with van der Waals surface area (Å²) in [6, 6.07) is 19.0. The minimum absolute atomic E-state index is 0.114. The summed E-state index contributed by atoms with van der Waals surface area (Å²) in [5.41, 5.74) is -0.631. The third kappa shape index (κ3) is 5.38. The maximum absolute atomic E-state index is 13.3. The van der Waals surface area contributed by atoms with Crippen molar-refractivity contribution in [3.8, 4) is 0 Å². The number of hydrogen-bond acceptors (Lipinski definition) is 3. The smallest absolute Gasteiger partial charge is 0.240 e. The van der Waals surface area contributed by atoms with Gasteiger partial charge in [0, 0.05) is 14.5 Å². The summed E-state index contributed by atoms with van der Waals surface area (Å²) in [7, 11) is -3.93. The zero-order valence-corrected chi connectivity index (χ0v) is 21.5. The second-order valence-electron chi connectivity index (χ2n) is 7.72. The van der Waals surface area contributed by atoms with Crippen molar-refractivity contribution in [1.82, 2.24) is 4.72 Å². The molecule has 2 N–H and O–H groups in total. The van der Waals surface area contributed by atoms with Crippen LogP contribution in [0.2, 0.25) is 10.0 Å². The average Bonchev–Trinajstić information content (AvgIpc) is 2.77. The van der Waals surface area contributed by atoms with E-state index < -0.39 is 21.7 Å². The summed E-state index contributed by atoms with van der Waals surface area (Å²) in [5.74, 6) is -0.212. The Labute approximate surface area is 207 Å². The van der Waals surface area contributed by atoms with E-state index in [1.54, 1.807) is 60.7 Å². The molecule has 3 aromatic rings. The molecule has 3 rings (SSSR count). The Balaban J connectivity index is 2.17. The minimum Gasteiger partial charge on any atom is -0.379 e. The molecule has 4 nitrogen and oxygen atoms in total. The number of sulfonamides is 1. The summed E-state index contributed by atoms with van der Waals surface area (Å²) in [5, 5.41) is 13.3. The monoisotopic (exact) mass is 555 g/mol. The van der Waals surface area contributed by atoms with Crippen molar-refractivity contribution in [3.05, 3.63) is 98.4 Å². The minimum atomic E-state index is -3.93. The highest BCUT2D eigenvalue weighted by Gasteiger charge is 2.44. The summed E-state index contributed by atoms with van der Waals surface area (Å²) < 4.78 is 30.2. The van der Waals surface area contributed by atoms with Gasteiger partial charge >= 0.3 is 0 Å². The van der Waals surface area contributed by atoms with Crippen LogP contribution in [0.4, 0.5) is 0 Å². The van der Waals surface area contributed by atoms with E-state index in [9.17, 15) is 13.5 Å². The lowest BCUT2D eigenvalue weighted by Gasteiger charge is -2.40. The Morgan fingerprint density at radius 3 is 1.75 bits per heavy atom. The molecule has 0 aliphatic heterocycles. The molecule has 3 aromatic carbocycles. The molecular weight excluding hydrogens is 533 g/mol. The van der Waals surface area contributed by atoms with Gasteiger partial charge in [0.2, 0.25) is 10.0 Å². The fraction of sp³-hybridized carbons (Fsp3) is 0.250. The van der Waals surface area contributed by atoms with E-state index in [4.69, 9.17) is 23.2 Å². The molecule has 0 aliphatic rings. The Morgan fingerprint density at radius 1 is 0.906 bits per heavy atom. The molecule has 32 heavy (non-hydrogen) atoms. The second-order valence-corrected chi connectivity index (χ2v) is 11.2. The molecule has 8 heteroatoms. The predicted octanol–water partition coefficient (Wildman–Crippen LogP) is 6.39. The van der Waals surface area contributed by atoms with E-state index in [0.29, 0.717) is 27.6 Å². The first-order valence-corrected chi connectivity index (χ1v) is 13.1. The lowest BCUT2D eigenvalue weighted by molar-refractivity contribution is 0.0247. The molecule has 0 spiro atoms. The number of hydrogen-bond donors (Lipinski definition) is 2. The lowest BCUT2D eigenvalue weighted by Crippen LogP contribution is -2.54. The first-order chi connectivity index (χ1) is 15.1. The Hall–Kier alpha value is -1.41. The molecular formula is C24H24BrCl2NO3S. The molecule has 0 saturated carbocycles. The van der Waals surface area contributed by atoms with E-state index in [0.717, 1.165) is 4.47 Å². The first-order valence-electron chi connectivity index (χ1n) is 10.1. The summed E-state index contributed by atoms with van der Waals surface area (Å²) in [6.45, 7) is 3.86. The summed E-state index contributed by atoms with van der Waals surface area (Å²) >= 11 is 15.5. The van der Waals surface area contributed by atoms with E-state index in [1.807, 2.05) is 13.8 Å². The third-order valence-electron chi connectivity index (χ3n) is 5.64. The average molecular weight is 557 g/mol. The van der Waals surface area contributed by atoms with Crippen LogP contribution in [0.5, 0.6) is 0 Å². The van der Waals surface area contributed by atoms with Crippen LogP contribution in [0.3, 0.4) is 0 Å². The Kier molecular flexibility index (Phi) is 8.07. The van der Waals surface area contributed by atoms with Crippen LogP contribution in [0.1, 0.15) is 31.4 Å². The SMILES string of the molecule is CC[C@H](C)[C@H](NS(=O)(=O)c1ccc(Br)cc1)C(O)(c1ccc(Cl)cc1)c1ccc(Cl)cc1. The van der Waals surface area contributed by atoms with Crippen LogP contribution in [0, 0.1) is 5.92 Å². The Bertz CT molecular complexity index is 1110. The van der Waals surface area contributed by atoms with Gasteiger partial charge in [-0.1, -0.05) is 83.7 Å². The van der Waals surface area contributed by atoms with Gasteiger partial charge in [0.25, 0.3) is 0 Å². The number of aliphatic hydroxyl groups is 1. The van der Waals surface area contributed by atoms with Crippen molar-refractivity contribution >= 4 is 49.2 Å². The van der Waals surface area contributed by atoms with Crippen molar-refractivity contribution in [2.75, 3.05) is 0 Å². The predicted molar refractivity (Wildman–Crippen MR) is 134 cm³/mol. The third-order valence-corrected chi connectivity index (χ3v) is 8.13. The molecule has 0 fully saturated rings. The molecule has 170 valence electrons. The summed E-state index contributed by atoms with van der Waals surface area (Å²) in [6.07, 6.45) is 0.636. The number of nitrogens with one attached hydrogen (secondary N) is 1. The molecule has 0 bridgehead atoms. The molecule has 0 saturated heterocycles. The fourth-order valence-electron chi connectivity index (χ4n) is 3.63. The van der Waals surface area contributed by atoms with Crippen molar-refractivity contribution < 1.29 is 13.5 Å². The second kappa shape index (κ2) is 10.2. The molecule has 0 aliphatic carbocycles. The van der Waals surface area contributed by atoms with Crippen molar-refractivity contribution in [2.45, 2.75) is 36.8 Å². The van der Waals surface area contributed by atoms with Gasteiger partial charge in [0.1, 0.15) is 5.60 Å². The van der Waals surface area contributed by atoms with Gasteiger partial charge in [-0.05, 0) is 65.6 Å². The highest BCUT2D eigenvalue weighted by atomic mass is 79.9. The van der Waals surface area contributed by atoms with E-state index in [2.05, 4.69) is 20.7 Å². The van der Waals surface area contributed by atoms with Gasteiger partial charge in [-0.3, -0.25) is 0 Å². The van der Waals surface area contributed by atoms with Crippen LogP contribution >= 0.6 is 39.1 Å². The Morgan fingerprint density at radius 2 is 1.34 bits per heavy atom. The fourth-order valence-corrected chi connectivity index (χ4v) is 5.52. The van der Waals surface area contributed by atoms with Gasteiger partial charge in [-0.15, -0.1) is 0 Å². The highest BCUT2D eigenvalue weighted by molar-refractivity contribution is 9.10. The van der Waals surface area contributed by atoms with Crippen LogP contribution < -0.4 is 4.72 Å². The maximum atomic E-state index is 13.3. The molecule has 0 aromatic heterocycles. The molecule has 0 unspecified atom stereocenters. The maximum Gasteiger partial charge on any atom is 0.240 e. The molecule has 0 radical (unpaired) electrons. The number of rotatable bonds is 8. The number of benzene rings is 3. The van der Waals surface area contributed by atoms with Gasteiger partial charge in [-0.2, -0.15) is 0 Å². The topological polar surface area (TPSA) is 66.4 Å². The van der Waals surface area contributed by atoms with Crippen LogP contribution in [0.15, 0.2) is 82.2 Å². The zero-order chi connectivity index (χ0) is 23.5. The molecule has 2 atom stereocenters. The summed E-state index contributed by atoms with van der Waals surface area (Å²) in [4.78, 5) is 0.114. The zero-order valence-electron chi connectivity index (χ0n) is 17.6. The van der Waals surface area contributed by atoms with E-state index in [1.165, 1.54) is 12.1 Å². The standard InChI is InChI=1S/C24H24BrCl2NO3S/c1-3-16(2)23(28-32(30,31)22-14-8-19(25)9-15-22)24(29,17-4-10-20(26)11-5-17)18-6-12-21(27)13-7-18/h4-16,23,28-29H,3H2,1-2H3/t16-,23-/m0/s1. The van der Waals surface area contributed by atoms with E-state index >= 15 is 0 Å². The van der Waals surface area contributed by atoms with Crippen molar-refractivity contribution in [1.29, 1.82) is 0 Å². The number of halogens is 3. The molecule has 0 heterocycles. The van der Waals surface area contributed by atoms with Gasteiger partial charge in [0.05, 0.1) is 10.9 Å². The normalized spacial score (nSPS) is 14.2. The molecule has 0 amide bonds. The van der Waals surface area contributed by atoms with E-state index in [-0.39, 0.29) is 10.8 Å². The first kappa shape index (κ1) is 25.2. The quantitative estimate of drug-likeness (QED) is 0.338.